The molecular weight excluding hydrogens is 259 g/mol. The first-order chi connectivity index (χ1) is 9.37. The molecule has 1 atom stereocenters. The SMILES string of the molecule is CC(C)(C)OC(=O)N1CCCC(c2cccnc2F)C1. The van der Waals surface area contributed by atoms with Crippen LogP contribution in [0.5, 0.6) is 0 Å². The van der Waals surface area contributed by atoms with Crippen molar-refractivity contribution in [1.82, 2.24) is 9.88 Å². The maximum Gasteiger partial charge on any atom is 0.410 e. The van der Waals surface area contributed by atoms with E-state index < -0.39 is 11.5 Å². The molecular formula is C15H21FN2O2. The zero-order chi connectivity index (χ0) is 14.8. The lowest BCUT2D eigenvalue weighted by atomic mass is 9.91. The Labute approximate surface area is 118 Å². The number of pyridine rings is 1. The van der Waals surface area contributed by atoms with Crippen LogP contribution in [0.1, 0.15) is 45.1 Å². The number of ether oxygens (including phenoxy) is 1. The van der Waals surface area contributed by atoms with Crippen molar-refractivity contribution in [1.29, 1.82) is 0 Å². The second kappa shape index (κ2) is 5.77. The fourth-order valence-corrected chi connectivity index (χ4v) is 2.43. The molecule has 1 aromatic heterocycles. The number of rotatable bonds is 1. The van der Waals surface area contributed by atoms with E-state index in [-0.39, 0.29) is 12.0 Å². The van der Waals surface area contributed by atoms with Gasteiger partial charge in [0.05, 0.1) is 0 Å². The molecule has 110 valence electrons. The van der Waals surface area contributed by atoms with Crippen molar-refractivity contribution in [3.05, 3.63) is 29.8 Å². The minimum Gasteiger partial charge on any atom is -0.444 e. The monoisotopic (exact) mass is 280 g/mol. The lowest BCUT2D eigenvalue weighted by Crippen LogP contribution is -2.42. The second-order valence-electron chi connectivity index (χ2n) is 6.15. The van der Waals surface area contributed by atoms with E-state index in [0.717, 1.165) is 12.8 Å². The molecule has 1 amide bonds. The Balaban J connectivity index is 2.06. The van der Waals surface area contributed by atoms with E-state index in [1.165, 1.54) is 6.20 Å². The van der Waals surface area contributed by atoms with Gasteiger partial charge in [-0.15, -0.1) is 0 Å². The van der Waals surface area contributed by atoms with Crippen molar-refractivity contribution in [2.75, 3.05) is 13.1 Å². The molecule has 2 heterocycles. The first kappa shape index (κ1) is 14.8. The smallest absolute Gasteiger partial charge is 0.410 e. The number of likely N-dealkylation sites (tertiary alicyclic amines) is 1. The van der Waals surface area contributed by atoms with Crippen LogP contribution >= 0.6 is 0 Å². The standard InChI is InChI=1S/C15H21FN2O2/c1-15(2,3)20-14(19)18-9-5-6-11(10-18)12-7-4-8-17-13(12)16/h4,7-8,11H,5-6,9-10H2,1-3H3. The Morgan fingerprint density at radius 1 is 1.50 bits per heavy atom. The molecule has 0 aromatic carbocycles. The summed E-state index contributed by atoms with van der Waals surface area (Å²) >= 11 is 0. The van der Waals surface area contributed by atoms with E-state index in [4.69, 9.17) is 4.74 Å². The average Bonchev–Trinajstić information content (AvgIpc) is 2.37. The Morgan fingerprint density at radius 3 is 2.90 bits per heavy atom. The van der Waals surface area contributed by atoms with Gasteiger partial charge in [-0.05, 0) is 39.7 Å². The number of hydrogen-bond acceptors (Lipinski definition) is 3. The largest absolute Gasteiger partial charge is 0.444 e. The Morgan fingerprint density at radius 2 is 2.25 bits per heavy atom. The topological polar surface area (TPSA) is 42.4 Å². The third-order valence-electron chi connectivity index (χ3n) is 3.30. The van der Waals surface area contributed by atoms with Crippen molar-refractivity contribution in [2.45, 2.75) is 45.1 Å². The first-order valence-corrected chi connectivity index (χ1v) is 6.95. The van der Waals surface area contributed by atoms with E-state index in [1.54, 1.807) is 17.0 Å². The summed E-state index contributed by atoms with van der Waals surface area (Å²) in [7, 11) is 0. The Hall–Kier alpha value is -1.65. The predicted octanol–water partition coefficient (Wildman–Crippen LogP) is 3.34. The molecule has 1 aromatic rings. The van der Waals surface area contributed by atoms with Gasteiger partial charge in [-0.25, -0.2) is 9.78 Å². The van der Waals surface area contributed by atoms with Gasteiger partial charge < -0.3 is 9.64 Å². The van der Waals surface area contributed by atoms with Crippen LogP contribution in [0.2, 0.25) is 0 Å². The van der Waals surface area contributed by atoms with Gasteiger partial charge in [0.25, 0.3) is 0 Å². The van der Waals surface area contributed by atoms with Crippen LogP contribution in [0.25, 0.3) is 0 Å². The number of aromatic nitrogens is 1. The maximum atomic E-state index is 13.7. The van der Waals surface area contributed by atoms with Crippen LogP contribution in [-0.4, -0.2) is 34.7 Å². The van der Waals surface area contributed by atoms with Crippen LogP contribution in [0, 0.1) is 5.95 Å². The minimum absolute atomic E-state index is 0.00929. The van der Waals surface area contributed by atoms with Gasteiger partial charge in [-0.2, -0.15) is 4.39 Å². The summed E-state index contributed by atoms with van der Waals surface area (Å²) in [4.78, 5) is 17.4. The van der Waals surface area contributed by atoms with Crippen LogP contribution in [0.3, 0.4) is 0 Å². The van der Waals surface area contributed by atoms with E-state index in [1.807, 2.05) is 20.8 Å². The molecule has 0 radical (unpaired) electrons. The molecule has 1 saturated heterocycles. The molecule has 5 heteroatoms. The highest BCUT2D eigenvalue weighted by Crippen LogP contribution is 2.28. The van der Waals surface area contributed by atoms with Crippen LogP contribution in [0.4, 0.5) is 9.18 Å². The molecule has 0 spiro atoms. The highest BCUT2D eigenvalue weighted by Gasteiger charge is 2.29. The highest BCUT2D eigenvalue weighted by molar-refractivity contribution is 5.68. The quantitative estimate of drug-likeness (QED) is 0.741. The summed E-state index contributed by atoms with van der Waals surface area (Å²) in [5.41, 5.74) is 0.0737. The van der Waals surface area contributed by atoms with Crippen molar-refractivity contribution < 1.29 is 13.9 Å². The van der Waals surface area contributed by atoms with E-state index in [2.05, 4.69) is 4.98 Å². The zero-order valence-corrected chi connectivity index (χ0v) is 12.2. The Bertz CT molecular complexity index is 485. The van der Waals surface area contributed by atoms with Crippen molar-refractivity contribution in [3.8, 4) is 0 Å². The Kier molecular flexibility index (Phi) is 4.26. The number of amides is 1. The molecule has 1 aliphatic rings. The predicted molar refractivity (Wildman–Crippen MR) is 74.0 cm³/mol. The molecule has 4 nitrogen and oxygen atoms in total. The minimum atomic E-state index is -0.510. The molecule has 1 unspecified atom stereocenters. The molecule has 0 bridgehead atoms. The van der Waals surface area contributed by atoms with Gasteiger partial charge >= 0.3 is 6.09 Å². The molecule has 0 aliphatic carbocycles. The fraction of sp³-hybridized carbons (Fsp3) is 0.600. The summed E-state index contributed by atoms with van der Waals surface area (Å²) in [5.74, 6) is -0.450. The summed E-state index contributed by atoms with van der Waals surface area (Å²) in [5, 5.41) is 0. The summed E-state index contributed by atoms with van der Waals surface area (Å²) in [6.07, 6.45) is 2.82. The van der Waals surface area contributed by atoms with Crippen LogP contribution in [0.15, 0.2) is 18.3 Å². The number of nitrogens with zero attached hydrogens (tertiary/aromatic N) is 2. The maximum absolute atomic E-state index is 13.7. The summed E-state index contributed by atoms with van der Waals surface area (Å²) in [6.45, 7) is 6.66. The highest BCUT2D eigenvalue weighted by atomic mass is 19.1. The molecule has 0 saturated carbocycles. The normalized spacial score (nSPS) is 19.8. The number of halogens is 1. The van der Waals surface area contributed by atoms with Gasteiger partial charge in [0, 0.05) is 30.8 Å². The summed E-state index contributed by atoms with van der Waals surface area (Å²) in [6, 6.07) is 3.47. The van der Waals surface area contributed by atoms with E-state index >= 15 is 0 Å². The van der Waals surface area contributed by atoms with Crippen LogP contribution in [-0.2, 0) is 4.74 Å². The third-order valence-corrected chi connectivity index (χ3v) is 3.30. The van der Waals surface area contributed by atoms with Crippen molar-refractivity contribution in [3.63, 3.8) is 0 Å². The molecule has 0 N–H and O–H groups in total. The number of carbonyl (C=O) groups excluding carboxylic acids is 1. The fourth-order valence-electron chi connectivity index (χ4n) is 2.43. The summed E-state index contributed by atoms with van der Waals surface area (Å²) < 4.78 is 19.1. The molecule has 1 aliphatic heterocycles. The van der Waals surface area contributed by atoms with Gasteiger partial charge in [0.15, 0.2) is 0 Å². The van der Waals surface area contributed by atoms with E-state index in [0.29, 0.717) is 18.7 Å². The lowest BCUT2D eigenvalue weighted by molar-refractivity contribution is 0.0197. The van der Waals surface area contributed by atoms with Crippen molar-refractivity contribution in [2.24, 2.45) is 0 Å². The van der Waals surface area contributed by atoms with Gasteiger partial charge in [-0.3, -0.25) is 0 Å². The van der Waals surface area contributed by atoms with Gasteiger partial charge in [0.1, 0.15) is 5.60 Å². The van der Waals surface area contributed by atoms with Gasteiger partial charge in [0.2, 0.25) is 5.95 Å². The second-order valence-corrected chi connectivity index (χ2v) is 6.15. The molecule has 20 heavy (non-hydrogen) atoms. The average molecular weight is 280 g/mol. The first-order valence-electron chi connectivity index (χ1n) is 6.95. The molecule has 2 rings (SSSR count). The molecule has 1 fully saturated rings. The van der Waals surface area contributed by atoms with E-state index in [9.17, 15) is 9.18 Å². The lowest BCUT2D eigenvalue weighted by Gasteiger charge is -2.34. The van der Waals surface area contributed by atoms with Crippen LogP contribution < -0.4 is 0 Å². The third kappa shape index (κ3) is 3.68. The van der Waals surface area contributed by atoms with Crippen molar-refractivity contribution >= 4 is 6.09 Å². The van der Waals surface area contributed by atoms with Gasteiger partial charge in [-0.1, -0.05) is 6.07 Å². The number of carbonyl (C=O) groups is 1. The number of piperidine rings is 1. The zero-order valence-electron chi connectivity index (χ0n) is 12.2. The number of hydrogen-bond donors (Lipinski definition) is 0.